The Bertz CT molecular complexity index is 918. The predicted molar refractivity (Wildman–Crippen MR) is 107 cm³/mol. The summed E-state index contributed by atoms with van der Waals surface area (Å²) >= 11 is 3.51. The van der Waals surface area contributed by atoms with Crippen LogP contribution in [0.4, 0.5) is 0 Å². The van der Waals surface area contributed by atoms with Gasteiger partial charge in [0.05, 0.1) is 5.56 Å². The standard InChI is InChI=1S/C21H23BrN2O3/c1-12-16(25)10-9-14-17(12)20(27)24(11-13-7-5-6-8-15(13)22)18(14)19(26)23-21(2,3)4/h5-10,18,25H,11H2,1-4H3,(H,23,26). The number of carbonyl (C=O) groups is 2. The first kappa shape index (κ1) is 19.4. The number of benzene rings is 2. The van der Waals surface area contributed by atoms with E-state index in [0.29, 0.717) is 16.7 Å². The number of phenolic OH excluding ortho intramolecular Hbond substituents is 1. The minimum Gasteiger partial charge on any atom is -0.508 e. The molecule has 0 saturated heterocycles. The zero-order chi connectivity index (χ0) is 19.9. The van der Waals surface area contributed by atoms with Gasteiger partial charge < -0.3 is 15.3 Å². The summed E-state index contributed by atoms with van der Waals surface area (Å²) in [6.07, 6.45) is 0. The molecule has 2 aromatic rings. The minimum absolute atomic E-state index is 0.0554. The maximum atomic E-state index is 13.2. The molecule has 6 heteroatoms. The monoisotopic (exact) mass is 430 g/mol. The fourth-order valence-electron chi connectivity index (χ4n) is 3.36. The van der Waals surface area contributed by atoms with Gasteiger partial charge in [0.15, 0.2) is 0 Å². The number of hydrogen-bond acceptors (Lipinski definition) is 3. The summed E-state index contributed by atoms with van der Waals surface area (Å²) in [4.78, 5) is 27.8. The van der Waals surface area contributed by atoms with Gasteiger partial charge in [-0.25, -0.2) is 0 Å². The van der Waals surface area contributed by atoms with Crippen molar-refractivity contribution in [2.75, 3.05) is 0 Å². The lowest BCUT2D eigenvalue weighted by Crippen LogP contribution is -2.46. The third-order valence-corrected chi connectivity index (χ3v) is 5.37. The molecule has 1 aliphatic rings. The molecule has 1 unspecified atom stereocenters. The van der Waals surface area contributed by atoms with E-state index in [9.17, 15) is 14.7 Å². The predicted octanol–water partition coefficient (Wildman–Crippen LogP) is 4.07. The normalized spacial score (nSPS) is 16.4. The fraction of sp³-hybridized carbons (Fsp3) is 0.333. The van der Waals surface area contributed by atoms with Crippen LogP contribution in [0, 0.1) is 6.92 Å². The average molecular weight is 431 g/mol. The zero-order valence-electron chi connectivity index (χ0n) is 15.8. The van der Waals surface area contributed by atoms with Crippen LogP contribution in [-0.2, 0) is 11.3 Å². The van der Waals surface area contributed by atoms with E-state index in [1.165, 1.54) is 0 Å². The third-order valence-electron chi connectivity index (χ3n) is 4.59. The van der Waals surface area contributed by atoms with Gasteiger partial charge >= 0.3 is 0 Å². The molecule has 0 saturated carbocycles. The van der Waals surface area contributed by atoms with Gasteiger partial charge in [0.1, 0.15) is 11.8 Å². The number of halogens is 1. The maximum Gasteiger partial charge on any atom is 0.255 e. The molecular weight excluding hydrogens is 408 g/mol. The highest BCUT2D eigenvalue weighted by molar-refractivity contribution is 9.10. The molecule has 27 heavy (non-hydrogen) atoms. The van der Waals surface area contributed by atoms with Gasteiger partial charge in [-0.2, -0.15) is 0 Å². The van der Waals surface area contributed by atoms with Crippen molar-refractivity contribution < 1.29 is 14.7 Å². The molecule has 3 rings (SSSR count). The molecule has 5 nitrogen and oxygen atoms in total. The number of aromatic hydroxyl groups is 1. The SMILES string of the molecule is Cc1c(O)ccc2c1C(=O)N(Cc1ccccc1Br)C2C(=O)NC(C)(C)C. The van der Waals surface area contributed by atoms with E-state index in [-0.39, 0.29) is 24.1 Å². The molecule has 0 aromatic heterocycles. The molecule has 1 aliphatic heterocycles. The van der Waals surface area contributed by atoms with Crippen molar-refractivity contribution in [2.24, 2.45) is 0 Å². The number of carbonyl (C=O) groups excluding carboxylic acids is 2. The molecule has 0 bridgehead atoms. The smallest absolute Gasteiger partial charge is 0.255 e. The summed E-state index contributed by atoms with van der Waals surface area (Å²) in [5.74, 6) is -0.422. The number of nitrogens with zero attached hydrogens (tertiary/aromatic N) is 1. The van der Waals surface area contributed by atoms with E-state index in [0.717, 1.165) is 10.0 Å². The van der Waals surface area contributed by atoms with Crippen molar-refractivity contribution in [1.29, 1.82) is 0 Å². The maximum absolute atomic E-state index is 13.2. The number of nitrogens with one attached hydrogen (secondary N) is 1. The number of hydrogen-bond donors (Lipinski definition) is 2. The highest BCUT2D eigenvalue weighted by atomic mass is 79.9. The molecule has 1 atom stereocenters. The van der Waals surface area contributed by atoms with Crippen LogP contribution in [0.3, 0.4) is 0 Å². The van der Waals surface area contributed by atoms with Gasteiger partial charge in [-0.1, -0.05) is 40.2 Å². The van der Waals surface area contributed by atoms with E-state index >= 15 is 0 Å². The van der Waals surface area contributed by atoms with Crippen LogP contribution in [-0.4, -0.2) is 27.4 Å². The second kappa shape index (κ2) is 7.00. The topological polar surface area (TPSA) is 69.6 Å². The van der Waals surface area contributed by atoms with Crippen LogP contribution in [0.5, 0.6) is 5.75 Å². The van der Waals surface area contributed by atoms with Gasteiger partial charge in [-0.15, -0.1) is 0 Å². The van der Waals surface area contributed by atoms with Gasteiger partial charge in [-0.05, 0) is 51.0 Å². The Labute approximate surface area is 167 Å². The van der Waals surface area contributed by atoms with Crippen LogP contribution >= 0.6 is 15.9 Å². The summed E-state index contributed by atoms with van der Waals surface area (Å²) in [7, 11) is 0. The summed E-state index contributed by atoms with van der Waals surface area (Å²) < 4.78 is 0.878. The van der Waals surface area contributed by atoms with E-state index < -0.39 is 11.6 Å². The first-order chi connectivity index (χ1) is 12.6. The Morgan fingerprint density at radius 3 is 2.52 bits per heavy atom. The van der Waals surface area contributed by atoms with Gasteiger partial charge in [0, 0.05) is 22.1 Å². The average Bonchev–Trinajstić information content (AvgIpc) is 2.84. The van der Waals surface area contributed by atoms with E-state index in [1.807, 2.05) is 45.0 Å². The summed E-state index contributed by atoms with van der Waals surface area (Å²) in [5.41, 5.74) is 2.03. The van der Waals surface area contributed by atoms with Crippen LogP contribution in [0.1, 0.15) is 53.9 Å². The molecule has 2 amide bonds. The highest BCUT2D eigenvalue weighted by Gasteiger charge is 2.43. The molecular formula is C21H23BrN2O3. The summed E-state index contributed by atoms with van der Waals surface area (Å²) in [6.45, 7) is 7.71. The number of amides is 2. The van der Waals surface area contributed by atoms with Gasteiger partial charge in [0.2, 0.25) is 5.91 Å². The molecule has 2 N–H and O–H groups in total. The van der Waals surface area contributed by atoms with Crippen molar-refractivity contribution in [1.82, 2.24) is 10.2 Å². The van der Waals surface area contributed by atoms with Gasteiger partial charge in [0.25, 0.3) is 5.91 Å². The zero-order valence-corrected chi connectivity index (χ0v) is 17.4. The number of fused-ring (bicyclic) bond motifs is 1. The second-order valence-corrected chi connectivity index (χ2v) is 8.69. The largest absolute Gasteiger partial charge is 0.508 e. The van der Waals surface area contributed by atoms with E-state index in [2.05, 4.69) is 21.2 Å². The lowest BCUT2D eigenvalue weighted by atomic mass is 9.98. The Morgan fingerprint density at radius 2 is 1.89 bits per heavy atom. The first-order valence-electron chi connectivity index (χ1n) is 8.79. The summed E-state index contributed by atoms with van der Waals surface area (Å²) in [6, 6.07) is 10.1. The molecule has 0 spiro atoms. The number of phenols is 1. The summed E-state index contributed by atoms with van der Waals surface area (Å²) in [5, 5.41) is 13.0. The lowest BCUT2D eigenvalue weighted by Gasteiger charge is -2.29. The van der Waals surface area contributed by atoms with Crippen molar-refractivity contribution in [2.45, 2.75) is 45.8 Å². The highest BCUT2D eigenvalue weighted by Crippen LogP contribution is 2.40. The molecule has 1 heterocycles. The molecule has 0 aliphatic carbocycles. The Kier molecular flexibility index (Phi) is 5.04. The van der Waals surface area contributed by atoms with Crippen LogP contribution < -0.4 is 5.32 Å². The Morgan fingerprint density at radius 1 is 1.22 bits per heavy atom. The fourth-order valence-corrected chi connectivity index (χ4v) is 3.77. The quantitative estimate of drug-likeness (QED) is 0.770. The molecule has 142 valence electrons. The van der Waals surface area contributed by atoms with Crippen LogP contribution in [0.25, 0.3) is 0 Å². The molecule has 0 fully saturated rings. The van der Waals surface area contributed by atoms with E-state index in [1.54, 1.807) is 24.0 Å². The van der Waals surface area contributed by atoms with Crippen LogP contribution in [0.2, 0.25) is 0 Å². The minimum atomic E-state index is -0.738. The molecule has 0 radical (unpaired) electrons. The third kappa shape index (κ3) is 3.72. The van der Waals surface area contributed by atoms with Gasteiger partial charge in [-0.3, -0.25) is 9.59 Å². The van der Waals surface area contributed by atoms with Crippen molar-refractivity contribution >= 4 is 27.7 Å². The van der Waals surface area contributed by atoms with Crippen LogP contribution in [0.15, 0.2) is 40.9 Å². The second-order valence-electron chi connectivity index (χ2n) is 7.84. The van der Waals surface area contributed by atoms with Crippen molar-refractivity contribution in [3.63, 3.8) is 0 Å². The number of rotatable bonds is 3. The van der Waals surface area contributed by atoms with Crippen molar-refractivity contribution in [3.8, 4) is 5.75 Å². The van der Waals surface area contributed by atoms with Crippen molar-refractivity contribution in [3.05, 3.63) is 63.1 Å². The Hall–Kier alpha value is -2.34. The Balaban J connectivity index is 2.07. The van der Waals surface area contributed by atoms with E-state index in [4.69, 9.17) is 0 Å². The molecule has 2 aromatic carbocycles. The first-order valence-corrected chi connectivity index (χ1v) is 9.58. The lowest BCUT2D eigenvalue weighted by molar-refractivity contribution is -0.127.